The molecule has 152 valence electrons. The summed E-state index contributed by atoms with van der Waals surface area (Å²) >= 11 is 0. The number of fused-ring (bicyclic) bond motifs is 1. The van der Waals surface area contributed by atoms with Crippen LogP contribution < -0.4 is 5.32 Å². The summed E-state index contributed by atoms with van der Waals surface area (Å²) < 4.78 is 1.83. The number of piperidine rings is 1. The Morgan fingerprint density at radius 3 is 2.83 bits per heavy atom. The fourth-order valence-corrected chi connectivity index (χ4v) is 4.09. The van der Waals surface area contributed by atoms with Gasteiger partial charge in [0.05, 0.1) is 11.7 Å². The second kappa shape index (κ2) is 8.76. The minimum atomic E-state index is -1.33. The summed E-state index contributed by atoms with van der Waals surface area (Å²) in [6, 6.07) is 16.2. The highest BCUT2D eigenvalue weighted by atomic mass is 16.3. The smallest absolute Gasteiger partial charge is 0.255 e. The number of aliphatic hydroxyl groups is 1. The van der Waals surface area contributed by atoms with Gasteiger partial charge < -0.3 is 15.3 Å². The summed E-state index contributed by atoms with van der Waals surface area (Å²) in [7, 11) is 0. The van der Waals surface area contributed by atoms with Gasteiger partial charge in [-0.25, -0.2) is 4.52 Å². The van der Waals surface area contributed by atoms with Crippen LogP contribution in [0.5, 0.6) is 0 Å². The van der Waals surface area contributed by atoms with E-state index in [4.69, 9.17) is 0 Å². The molecule has 1 atom stereocenters. The zero-order valence-electron chi connectivity index (χ0n) is 16.6. The Kier molecular flexibility index (Phi) is 5.92. The van der Waals surface area contributed by atoms with Gasteiger partial charge in [0.1, 0.15) is 0 Å². The number of benzene rings is 1. The van der Waals surface area contributed by atoms with E-state index in [9.17, 15) is 9.90 Å². The average Bonchev–Trinajstić information content (AvgIpc) is 3.15. The van der Waals surface area contributed by atoms with Crippen molar-refractivity contribution in [3.63, 3.8) is 0 Å². The van der Waals surface area contributed by atoms with Gasteiger partial charge in [-0.1, -0.05) is 36.4 Å². The van der Waals surface area contributed by atoms with E-state index in [0.29, 0.717) is 19.5 Å². The Bertz CT molecular complexity index is 956. The highest BCUT2D eigenvalue weighted by Gasteiger charge is 2.41. The van der Waals surface area contributed by atoms with Gasteiger partial charge >= 0.3 is 0 Å². The number of hydrogen-bond acceptors (Lipinski definition) is 4. The van der Waals surface area contributed by atoms with Crippen molar-refractivity contribution in [2.75, 3.05) is 19.6 Å². The molecule has 4 rings (SSSR count). The third-order valence-corrected chi connectivity index (χ3v) is 5.68. The van der Waals surface area contributed by atoms with E-state index in [-0.39, 0.29) is 12.5 Å². The van der Waals surface area contributed by atoms with Gasteiger partial charge in [0.25, 0.3) is 5.91 Å². The number of rotatable bonds is 8. The molecule has 0 saturated carbocycles. The number of nitrogens with zero attached hydrogens (tertiary/aromatic N) is 3. The van der Waals surface area contributed by atoms with Crippen molar-refractivity contribution in [1.82, 2.24) is 19.8 Å². The first-order valence-corrected chi connectivity index (χ1v) is 10.3. The van der Waals surface area contributed by atoms with E-state index in [0.717, 1.165) is 36.9 Å². The van der Waals surface area contributed by atoms with Crippen LogP contribution in [-0.4, -0.2) is 50.8 Å². The molecular formula is C23H28N4O2. The Morgan fingerprint density at radius 2 is 1.97 bits per heavy atom. The van der Waals surface area contributed by atoms with E-state index in [1.807, 2.05) is 58.2 Å². The second-order valence-corrected chi connectivity index (χ2v) is 7.82. The number of carbonyl (C=O) groups is 1. The maximum absolute atomic E-state index is 12.9. The second-order valence-electron chi connectivity index (χ2n) is 7.82. The Hall–Kier alpha value is -2.70. The van der Waals surface area contributed by atoms with Crippen molar-refractivity contribution in [2.45, 2.75) is 37.8 Å². The SMILES string of the molecule is O=C1N(CCCc2ccccc2)CCC[C@@]1(O)CNCc1cnn2ccccc12. The van der Waals surface area contributed by atoms with Gasteiger partial charge in [0.2, 0.25) is 0 Å². The third kappa shape index (κ3) is 4.49. The Morgan fingerprint density at radius 1 is 1.14 bits per heavy atom. The summed E-state index contributed by atoms with van der Waals surface area (Å²) in [6.45, 7) is 2.23. The number of nitrogens with one attached hydrogen (secondary N) is 1. The maximum atomic E-state index is 12.9. The Labute approximate surface area is 171 Å². The van der Waals surface area contributed by atoms with E-state index in [2.05, 4.69) is 22.5 Å². The van der Waals surface area contributed by atoms with Crippen molar-refractivity contribution < 1.29 is 9.90 Å². The summed E-state index contributed by atoms with van der Waals surface area (Å²) in [5, 5.41) is 18.6. The first-order valence-electron chi connectivity index (χ1n) is 10.3. The van der Waals surface area contributed by atoms with Crippen LogP contribution in [0.1, 0.15) is 30.4 Å². The van der Waals surface area contributed by atoms with Gasteiger partial charge in [-0.2, -0.15) is 5.10 Å². The van der Waals surface area contributed by atoms with Gasteiger partial charge in [0.15, 0.2) is 5.60 Å². The fraction of sp³-hybridized carbons (Fsp3) is 0.391. The van der Waals surface area contributed by atoms with Crippen LogP contribution in [0, 0.1) is 0 Å². The first kappa shape index (κ1) is 19.6. The molecule has 3 aromatic rings. The Balaban J connectivity index is 1.30. The van der Waals surface area contributed by atoms with E-state index in [1.165, 1.54) is 5.56 Å². The number of carbonyl (C=O) groups excluding carboxylic acids is 1. The number of aryl methyl sites for hydroxylation is 1. The largest absolute Gasteiger partial charge is 0.379 e. The van der Waals surface area contributed by atoms with Crippen LogP contribution in [0.2, 0.25) is 0 Å². The van der Waals surface area contributed by atoms with Gasteiger partial charge in [-0.3, -0.25) is 4.79 Å². The van der Waals surface area contributed by atoms with Crippen molar-refractivity contribution >= 4 is 11.4 Å². The maximum Gasteiger partial charge on any atom is 0.255 e. The number of aromatic nitrogens is 2. The number of pyridine rings is 1. The van der Waals surface area contributed by atoms with E-state index < -0.39 is 5.60 Å². The molecule has 0 radical (unpaired) electrons. The lowest BCUT2D eigenvalue weighted by Gasteiger charge is -2.38. The standard InChI is InChI=1S/C23H28N4O2/c28-22-23(29,18-24-16-20-17-25-27-15-5-4-11-21(20)27)12-7-14-26(22)13-6-10-19-8-2-1-3-9-19/h1-5,8-9,11,15,17,24,29H,6-7,10,12-14,16,18H2/t23-/m1/s1. The van der Waals surface area contributed by atoms with E-state index >= 15 is 0 Å². The van der Waals surface area contributed by atoms with Gasteiger partial charge in [-0.15, -0.1) is 0 Å². The first-order chi connectivity index (χ1) is 14.2. The monoisotopic (exact) mass is 392 g/mol. The topological polar surface area (TPSA) is 69.9 Å². The van der Waals surface area contributed by atoms with E-state index in [1.54, 1.807) is 0 Å². The molecule has 3 heterocycles. The number of amides is 1. The molecule has 1 amide bonds. The average molecular weight is 393 g/mol. The highest BCUT2D eigenvalue weighted by Crippen LogP contribution is 2.23. The molecule has 6 heteroatoms. The number of likely N-dealkylation sites (tertiary alicyclic amines) is 1. The van der Waals surface area contributed by atoms with Crippen molar-refractivity contribution in [3.8, 4) is 0 Å². The van der Waals surface area contributed by atoms with Crippen molar-refractivity contribution in [2.24, 2.45) is 0 Å². The minimum absolute atomic E-state index is 0.149. The van der Waals surface area contributed by atoms with Crippen LogP contribution >= 0.6 is 0 Å². The lowest BCUT2D eigenvalue weighted by molar-refractivity contribution is -0.156. The summed E-state index contributed by atoms with van der Waals surface area (Å²) in [4.78, 5) is 14.7. The zero-order valence-corrected chi connectivity index (χ0v) is 16.6. The molecule has 2 N–H and O–H groups in total. The predicted molar refractivity (Wildman–Crippen MR) is 112 cm³/mol. The zero-order chi connectivity index (χ0) is 20.1. The molecule has 1 aliphatic rings. The lowest BCUT2D eigenvalue weighted by atomic mass is 9.91. The van der Waals surface area contributed by atoms with Gasteiger partial charge in [-0.05, 0) is 43.4 Å². The molecule has 1 aromatic carbocycles. The molecule has 1 aliphatic heterocycles. The quantitative estimate of drug-likeness (QED) is 0.618. The van der Waals surface area contributed by atoms with Crippen LogP contribution in [0.25, 0.3) is 5.52 Å². The molecule has 29 heavy (non-hydrogen) atoms. The highest BCUT2D eigenvalue weighted by molar-refractivity contribution is 5.86. The van der Waals surface area contributed by atoms with Crippen molar-refractivity contribution in [3.05, 3.63) is 72.1 Å². The molecule has 6 nitrogen and oxygen atoms in total. The molecule has 1 fully saturated rings. The molecule has 0 bridgehead atoms. The predicted octanol–water partition coefficient (Wildman–Crippen LogP) is 2.41. The van der Waals surface area contributed by atoms with Crippen LogP contribution in [0.15, 0.2) is 60.9 Å². The number of hydrogen-bond donors (Lipinski definition) is 2. The summed E-state index contributed by atoms with van der Waals surface area (Å²) in [6.07, 6.45) is 6.90. The molecular weight excluding hydrogens is 364 g/mol. The normalized spacial score (nSPS) is 19.8. The summed E-state index contributed by atoms with van der Waals surface area (Å²) in [5.41, 5.74) is 2.04. The lowest BCUT2D eigenvalue weighted by Crippen LogP contribution is -2.58. The third-order valence-electron chi connectivity index (χ3n) is 5.68. The minimum Gasteiger partial charge on any atom is -0.379 e. The van der Waals surface area contributed by atoms with Crippen molar-refractivity contribution in [1.29, 1.82) is 0 Å². The molecule has 0 aliphatic carbocycles. The molecule has 0 spiro atoms. The molecule has 2 aromatic heterocycles. The van der Waals surface area contributed by atoms with Gasteiger partial charge in [0, 0.05) is 37.9 Å². The van der Waals surface area contributed by atoms with Crippen LogP contribution in [-0.2, 0) is 17.8 Å². The molecule has 1 saturated heterocycles. The van der Waals surface area contributed by atoms with Crippen LogP contribution in [0.4, 0.5) is 0 Å². The molecule has 0 unspecified atom stereocenters. The summed E-state index contributed by atoms with van der Waals surface area (Å²) in [5.74, 6) is -0.149. The van der Waals surface area contributed by atoms with Crippen LogP contribution in [0.3, 0.4) is 0 Å². The fourth-order valence-electron chi connectivity index (χ4n) is 4.09.